The molecule has 3 heteroatoms. The highest BCUT2D eigenvalue weighted by Crippen LogP contribution is 2.37. The Balaban J connectivity index is 1.51. The van der Waals surface area contributed by atoms with Crippen LogP contribution in [0.1, 0.15) is 16.9 Å². The molecule has 0 unspecified atom stereocenters. The first-order valence-electron chi connectivity index (χ1n) is 7.53. The lowest BCUT2D eigenvalue weighted by Crippen LogP contribution is -2.07. The SMILES string of the molecule is O=C(/C=C/c1ccco1)Nc1ccc2c(c1)Cc1ccccc1-2. The van der Waals surface area contributed by atoms with Gasteiger partial charge in [0.05, 0.1) is 6.26 Å². The van der Waals surface area contributed by atoms with Crippen molar-refractivity contribution in [2.24, 2.45) is 0 Å². The second-order valence-corrected chi connectivity index (χ2v) is 5.54. The molecule has 112 valence electrons. The molecule has 1 heterocycles. The Bertz CT molecular complexity index is 892. The second-order valence-electron chi connectivity index (χ2n) is 5.54. The number of carbonyl (C=O) groups is 1. The van der Waals surface area contributed by atoms with E-state index in [-0.39, 0.29) is 5.91 Å². The highest BCUT2D eigenvalue weighted by molar-refractivity contribution is 6.02. The van der Waals surface area contributed by atoms with Crippen LogP contribution in [0.4, 0.5) is 5.69 Å². The van der Waals surface area contributed by atoms with Gasteiger partial charge in [0, 0.05) is 11.8 Å². The second kappa shape index (κ2) is 5.61. The zero-order valence-corrected chi connectivity index (χ0v) is 12.5. The lowest BCUT2D eigenvalue weighted by molar-refractivity contribution is -0.111. The van der Waals surface area contributed by atoms with Crippen LogP contribution in [0.5, 0.6) is 0 Å². The van der Waals surface area contributed by atoms with E-state index in [2.05, 4.69) is 35.6 Å². The molecule has 1 aliphatic rings. The first-order valence-corrected chi connectivity index (χ1v) is 7.53. The van der Waals surface area contributed by atoms with Crippen molar-refractivity contribution in [1.29, 1.82) is 0 Å². The molecule has 1 amide bonds. The number of nitrogens with one attached hydrogen (secondary N) is 1. The van der Waals surface area contributed by atoms with E-state index in [0.29, 0.717) is 5.76 Å². The normalized spacial score (nSPS) is 12.2. The summed E-state index contributed by atoms with van der Waals surface area (Å²) in [5, 5.41) is 2.89. The average Bonchev–Trinajstić information content (AvgIpc) is 3.20. The molecule has 0 saturated carbocycles. The summed E-state index contributed by atoms with van der Waals surface area (Å²) in [7, 11) is 0. The summed E-state index contributed by atoms with van der Waals surface area (Å²) in [4.78, 5) is 12.0. The van der Waals surface area contributed by atoms with Crippen LogP contribution < -0.4 is 5.32 Å². The van der Waals surface area contributed by atoms with Gasteiger partial charge in [-0.2, -0.15) is 0 Å². The number of hydrogen-bond acceptors (Lipinski definition) is 2. The van der Waals surface area contributed by atoms with Crippen LogP contribution in [-0.4, -0.2) is 5.91 Å². The molecular formula is C20H15NO2. The monoisotopic (exact) mass is 301 g/mol. The number of benzene rings is 2. The van der Waals surface area contributed by atoms with Crippen molar-refractivity contribution >= 4 is 17.7 Å². The minimum Gasteiger partial charge on any atom is -0.465 e. The lowest BCUT2D eigenvalue weighted by atomic mass is 10.1. The maximum absolute atomic E-state index is 12.0. The molecule has 3 aromatic rings. The summed E-state index contributed by atoms with van der Waals surface area (Å²) in [6.45, 7) is 0. The van der Waals surface area contributed by atoms with Crippen molar-refractivity contribution in [1.82, 2.24) is 0 Å². The summed E-state index contributed by atoms with van der Waals surface area (Å²) < 4.78 is 5.16. The molecule has 0 aliphatic heterocycles. The Morgan fingerprint density at radius 1 is 1.00 bits per heavy atom. The van der Waals surface area contributed by atoms with E-state index in [0.717, 1.165) is 12.1 Å². The standard InChI is InChI=1S/C20H15NO2/c22-20(10-8-17-5-3-11-23-17)21-16-7-9-19-15(13-16)12-14-4-1-2-6-18(14)19/h1-11,13H,12H2,(H,21,22)/b10-8+. The molecule has 23 heavy (non-hydrogen) atoms. The highest BCUT2D eigenvalue weighted by atomic mass is 16.3. The molecule has 1 N–H and O–H groups in total. The van der Waals surface area contributed by atoms with Gasteiger partial charge in [-0.25, -0.2) is 0 Å². The summed E-state index contributed by atoms with van der Waals surface area (Å²) >= 11 is 0. The highest BCUT2D eigenvalue weighted by Gasteiger charge is 2.17. The summed E-state index contributed by atoms with van der Waals surface area (Å²) in [6, 6.07) is 18.1. The number of carbonyl (C=O) groups excluding carboxylic acids is 1. The van der Waals surface area contributed by atoms with Crippen molar-refractivity contribution < 1.29 is 9.21 Å². The molecule has 3 nitrogen and oxygen atoms in total. The van der Waals surface area contributed by atoms with Crippen LogP contribution in [0.2, 0.25) is 0 Å². The van der Waals surface area contributed by atoms with Gasteiger partial charge in [-0.05, 0) is 59.0 Å². The third kappa shape index (κ3) is 2.69. The molecule has 0 radical (unpaired) electrons. The van der Waals surface area contributed by atoms with Crippen LogP contribution in [-0.2, 0) is 11.2 Å². The number of rotatable bonds is 3. The van der Waals surface area contributed by atoms with Crippen LogP contribution >= 0.6 is 0 Å². The molecule has 2 aromatic carbocycles. The zero-order chi connectivity index (χ0) is 15.6. The molecule has 0 atom stereocenters. The topological polar surface area (TPSA) is 42.2 Å². The predicted molar refractivity (Wildman–Crippen MR) is 91.1 cm³/mol. The maximum atomic E-state index is 12.0. The Morgan fingerprint density at radius 3 is 2.74 bits per heavy atom. The fraction of sp³-hybridized carbons (Fsp3) is 0.0500. The van der Waals surface area contributed by atoms with E-state index in [1.165, 1.54) is 28.3 Å². The van der Waals surface area contributed by atoms with Gasteiger partial charge in [-0.3, -0.25) is 4.79 Å². The summed E-state index contributed by atoms with van der Waals surface area (Å²) in [6.07, 6.45) is 5.62. The molecule has 1 aliphatic carbocycles. The average molecular weight is 301 g/mol. The van der Waals surface area contributed by atoms with E-state index < -0.39 is 0 Å². The number of amides is 1. The minimum absolute atomic E-state index is 0.170. The van der Waals surface area contributed by atoms with E-state index in [4.69, 9.17) is 4.42 Å². The first-order chi connectivity index (χ1) is 11.3. The Hall–Kier alpha value is -3.07. The summed E-state index contributed by atoms with van der Waals surface area (Å²) in [5.41, 5.74) is 5.94. The van der Waals surface area contributed by atoms with E-state index in [9.17, 15) is 4.79 Å². The minimum atomic E-state index is -0.170. The van der Waals surface area contributed by atoms with Gasteiger partial charge < -0.3 is 9.73 Å². The van der Waals surface area contributed by atoms with Gasteiger partial charge in [0.15, 0.2) is 0 Å². The largest absolute Gasteiger partial charge is 0.465 e. The third-order valence-corrected chi connectivity index (χ3v) is 4.00. The molecule has 1 aromatic heterocycles. The molecule has 0 spiro atoms. The van der Waals surface area contributed by atoms with Gasteiger partial charge >= 0.3 is 0 Å². The molecule has 4 rings (SSSR count). The van der Waals surface area contributed by atoms with Crippen LogP contribution in [0.15, 0.2) is 71.4 Å². The van der Waals surface area contributed by atoms with Crippen molar-refractivity contribution in [3.8, 4) is 11.1 Å². The lowest BCUT2D eigenvalue weighted by Gasteiger charge is -2.05. The van der Waals surface area contributed by atoms with Crippen molar-refractivity contribution in [2.75, 3.05) is 5.32 Å². The number of anilines is 1. The van der Waals surface area contributed by atoms with E-state index in [1.807, 2.05) is 12.1 Å². The molecule has 0 saturated heterocycles. The van der Waals surface area contributed by atoms with Gasteiger partial charge in [0.1, 0.15) is 5.76 Å². The fourth-order valence-electron chi connectivity index (χ4n) is 2.95. The fourth-order valence-corrected chi connectivity index (χ4v) is 2.95. The first kappa shape index (κ1) is 13.6. The van der Waals surface area contributed by atoms with Crippen molar-refractivity contribution in [2.45, 2.75) is 6.42 Å². The van der Waals surface area contributed by atoms with Crippen LogP contribution in [0.3, 0.4) is 0 Å². The molecule has 0 fully saturated rings. The zero-order valence-electron chi connectivity index (χ0n) is 12.5. The quantitative estimate of drug-likeness (QED) is 0.566. The number of furan rings is 1. The van der Waals surface area contributed by atoms with Crippen molar-refractivity contribution in [3.63, 3.8) is 0 Å². The van der Waals surface area contributed by atoms with Gasteiger partial charge in [0.25, 0.3) is 0 Å². The molecule has 0 bridgehead atoms. The number of fused-ring (bicyclic) bond motifs is 3. The van der Waals surface area contributed by atoms with Crippen LogP contribution in [0, 0.1) is 0 Å². The van der Waals surface area contributed by atoms with Gasteiger partial charge in [-0.15, -0.1) is 0 Å². The van der Waals surface area contributed by atoms with Crippen LogP contribution in [0.25, 0.3) is 17.2 Å². The van der Waals surface area contributed by atoms with Crippen molar-refractivity contribution in [3.05, 3.63) is 83.8 Å². The van der Waals surface area contributed by atoms with Gasteiger partial charge in [0.2, 0.25) is 5.91 Å². The Labute approximate surface area is 134 Å². The Kier molecular flexibility index (Phi) is 3.31. The van der Waals surface area contributed by atoms with E-state index in [1.54, 1.807) is 24.5 Å². The Morgan fingerprint density at radius 2 is 1.87 bits per heavy atom. The summed E-state index contributed by atoms with van der Waals surface area (Å²) in [5.74, 6) is 0.487. The maximum Gasteiger partial charge on any atom is 0.248 e. The van der Waals surface area contributed by atoms with E-state index >= 15 is 0 Å². The predicted octanol–water partition coefficient (Wildman–Crippen LogP) is 4.50. The molecular weight excluding hydrogens is 286 g/mol. The third-order valence-electron chi connectivity index (χ3n) is 4.00. The smallest absolute Gasteiger partial charge is 0.248 e. The number of hydrogen-bond donors (Lipinski definition) is 1. The van der Waals surface area contributed by atoms with Gasteiger partial charge in [-0.1, -0.05) is 30.3 Å².